The van der Waals surface area contributed by atoms with Crippen LogP contribution >= 0.6 is 23.8 Å². The van der Waals surface area contributed by atoms with Crippen LogP contribution in [0.3, 0.4) is 0 Å². The van der Waals surface area contributed by atoms with E-state index >= 15 is 0 Å². The van der Waals surface area contributed by atoms with E-state index in [1.54, 1.807) is 0 Å². The second kappa shape index (κ2) is 5.32. The Morgan fingerprint density at radius 1 is 1.50 bits per heavy atom. The lowest BCUT2D eigenvalue weighted by molar-refractivity contribution is 0.607. The van der Waals surface area contributed by atoms with Crippen molar-refractivity contribution in [3.63, 3.8) is 0 Å². The first-order valence-electron chi connectivity index (χ1n) is 4.61. The minimum absolute atomic E-state index is 0.451. The minimum Gasteiger partial charge on any atom is -0.393 e. The number of hydrogen-bond acceptors (Lipinski definition) is 1. The van der Waals surface area contributed by atoms with Crippen LogP contribution in [0.5, 0.6) is 0 Å². The van der Waals surface area contributed by atoms with Crippen molar-refractivity contribution in [3.05, 3.63) is 34.9 Å². The van der Waals surface area contributed by atoms with Crippen molar-refractivity contribution in [3.8, 4) is 0 Å². The summed E-state index contributed by atoms with van der Waals surface area (Å²) in [4.78, 5) is 0.574. The topological polar surface area (TPSA) is 26.0 Å². The number of benzene rings is 1. The second-order valence-electron chi connectivity index (χ2n) is 3.57. The Labute approximate surface area is 95.3 Å². The summed E-state index contributed by atoms with van der Waals surface area (Å²) in [6, 6.07) is 7.88. The zero-order valence-electron chi connectivity index (χ0n) is 8.16. The van der Waals surface area contributed by atoms with Gasteiger partial charge >= 0.3 is 0 Å². The molecule has 0 aromatic heterocycles. The van der Waals surface area contributed by atoms with Crippen molar-refractivity contribution in [2.75, 3.05) is 0 Å². The molecule has 2 N–H and O–H groups in total. The Bertz CT molecular complexity index is 325. The third-order valence-electron chi connectivity index (χ3n) is 2.08. The largest absolute Gasteiger partial charge is 0.393 e. The molecule has 0 aliphatic carbocycles. The van der Waals surface area contributed by atoms with Gasteiger partial charge in [-0.25, -0.2) is 0 Å². The fourth-order valence-corrected chi connectivity index (χ4v) is 1.95. The summed E-state index contributed by atoms with van der Waals surface area (Å²) in [6.07, 6.45) is 1.71. The maximum atomic E-state index is 6.04. The molecule has 0 saturated carbocycles. The highest BCUT2D eigenvalue weighted by atomic mass is 35.5. The Morgan fingerprint density at radius 2 is 2.14 bits per heavy atom. The van der Waals surface area contributed by atoms with E-state index in [-0.39, 0.29) is 0 Å². The highest BCUT2D eigenvalue weighted by molar-refractivity contribution is 7.80. The lowest BCUT2D eigenvalue weighted by Crippen LogP contribution is -2.14. The van der Waals surface area contributed by atoms with Gasteiger partial charge in [-0.2, -0.15) is 0 Å². The molecular weight excluding hydrogens is 214 g/mol. The third-order valence-corrected chi connectivity index (χ3v) is 2.61. The van der Waals surface area contributed by atoms with E-state index in [0.717, 1.165) is 23.4 Å². The molecule has 1 atom stereocenters. The first-order valence-corrected chi connectivity index (χ1v) is 5.40. The van der Waals surface area contributed by atoms with Crippen molar-refractivity contribution in [2.45, 2.75) is 19.8 Å². The smallest absolute Gasteiger partial charge is 0.0730 e. The SMILES string of the molecule is CC(CC(N)=S)Cc1ccccc1Cl. The normalized spacial score (nSPS) is 12.4. The first kappa shape index (κ1) is 11.5. The summed E-state index contributed by atoms with van der Waals surface area (Å²) in [7, 11) is 0. The summed E-state index contributed by atoms with van der Waals surface area (Å²) in [5, 5.41) is 0.822. The molecule has 0 radical (unpaired) electrons. The van der Waals surface area contributed by atoms with Gasteiger partial charge in [0.1, 0.15) is 0 Å². The second-order valence-corrected chi connectivity index (χ2v) is 4.50. The molecule has 1 rings (SSSR count). The van der Waals surface area contributed by atoms with Crippen molar-refractivity contribution in [1.82, 2.24) is 0 Å². The maximum absolute atomic E-state index is 6.04. The lowest BCUT2D eigenvalue weighted by atomic mass is 9.98. The molecule has 0 spiro atoms. The molecular formula is C11H14ClNS. The Hall–Kier alpha value is -0.600. The van der Waals surface area contributed by atoms with Gasteiger partial charge in [-0.3, -0.25) is 0 Å². The number of hydrogen-bond donors (Lipinski definition) is 1. The molecule has 1 nitrogen and oxygen atoms in total. The molecule has 0 aliphatic rings. The quantitative estimate of drug-likeness (QED) is 0.800. The van der Waals surface area contributed by atoms with E-state index in [1.807, 2.05) is 24.3 Å². The third kappa shape index (κ3) is 3.64. The van der Waals surface area contributed by atoms with E-state index in [1.165, 1.54) is 0 Å². The van der Waals surface area contributed by atoms with E-state index < -0.39 is 0 Å². The van der Waals surface area contributed by atoms with Gasteiger partial charge in [-0.05, 0) is 24.0 Å². The zero-order chi connectivity index (χ0) is 10.6. The van der Waals surface area contributed by atoms with Crippen LogP contribution in [0.1, 0.15) is 18.9 Å². The van der Waals surface area contributed by atoms with Crippen LogP contribution in [-0.4, -0.2) is 4.99 Å². The molecule has 1 aromatic rings. The molecule has 0 aliphatic heterocycles. The van der Waals surface area contributed by atoms with Crippen LogP contribution in [0.4, 0.5) is 0 Å². The number of thiocarbonyl (C=S) groups is 1. The van der Waals surface area contributed by atoms with Crippen LogP contribution in [0.15, 0.2) is 24.3 Å². The average Bonchev–Trinajstić information content (AvgIpc) is 2.07. The molecule has 1 unspecified atom stereocenters. The van der Waals surface area contributed by atoms with Crippen molar-refractivity contribution >= 4 is 28.8 Å². The van der Waals surface area contributed by atoms with Crippen LogP contribution in [0, 0.1) is 5.92 Å². The predicted octanol–water partition coefficient (Wildman–Crippen LogP) is 3.19. The van der Waals surface area contributed by atoms with Gasteiger partial charge in [0, 0.05) is 11.4 Å². The fourth-order valence-electron chi connectivity index (χ4n) is 1.45. The molecule has 14 heavy (non-hydrogen) atoms. The molecule has 0 bridgehead atoms. The Kier molecular flexibility index (Phi) is 4.36. The average molecular weight is 228 g/mol. The van der Waals surface area contributed by atoms with E-state index in [2.05, 4.69) is 6.92 Å². The summed E-state index contributed by atoms with van der Waals surface area (Å²) < 4.78 is 0. The molecule has 76 valence electrons. The fraction of sp³-hybridized carbons (Fsp3) is 0.364. The Balaban J connectivity index is 2.60. The summed E-state index contributed by atoms with van der Waals surface area (Å²) in [5.41, 5.74) is 6.65. The van der Waals surface area contributed by atoms with Gasteiger partial charge in [0.05, 0.1) is 4.99 Å². The first-order chi connectivity index (χ1) is 6.59. The lowest BCUT2D eigenvalue weighted by Gasteiger charge is -2.11. The number of rotatable bonds is 4. The van der Waals surface area contributed by atoms with Crippen LogP contribution < -0.4 is 5.73 Å². The van der Waals surface area contributed by atoms with Gasteiger partial charge < -0.3 is 5.73 Å². The van der Waals surface area contributed by atoms with Crippen molar-refractivity contribution in [2.24, 2.45) is 11.7 Å². The van der Waals surface area contributed by atoms with Gasteiger partial charge in [0.2, 0.25) is 0 Å². The minimum atomic E-state index is 0.451. The predicted molar refractivity (Wildman–Crippen MR) is 65.7 cm³/mol. The zero-order valence-corrected chi connectivity index (χ0v) is 9.74. The summed E-state index contributed by atoms with van der Waals surface area (Å²) in [6.45, 7) is 2.13. The highest BCUT2D eigenvalue weighted by Gasteiger charge is 2.07. The molecule has 1 aromatic carbocycles. The summed E-state index contributed by atoms with van der Waals surface area (Å²) in [5.74, 6) is 0.451. The monoisotopic (exact) mass is 227 g/mol. The van der Waals surface area contributed by atoms with E-state index in [9.17, 15) is 0 Å². The van der Waals surface area contributed by atoms with Gasteiger partial charge in [0.15, 0.2) is 0 Å². The standard InChI is InChI=1S/C11H14ClNS/c1-8(7-11(13)14)6-9-4-2-3-5-10(9)12/h2-5,8H,6-7H2,1H3,(H2,13,14). The summed E-state index contributed by atoms with van der Waals surface area (Å²) >= 11 is 10.9. The van der Waals surface area contributed by atoms with Crippen LogP contribution in [0.2, 0.25) is 5.02 Å². The van der Waals surface area contributed by atoms with E-state index in [4.69, 9.17) is 29.6 Å². The molecule has 3 heteroatoms. The van der Waals surface area contributed by atoms with Gasteiger partial charge in [0.25, 0.3) is 0 Å². The highest BCUT2D eigenvalue weighted by Crippen LogP contribution is 2.19. The van der Waals surface area contributed by atoms with Crippen LogP contribution in [-0.2, 0) is 6.42 Å². The van der Waals surface area contributed by atoms with Gasteiger partial charge in [-0.1, -0.05) is 48.9 Å². The van der Waals surface area contributed by atoms with E-state index in [0.29, 0.717) is 10.9 Å². The molecule has 0 saturated heterocycles. The van der Waals surface area contributed by atoms with Gasteiger partial charge in [-0.15, -0.1) is 0 Å². The maximum Gasteiger partial charge on any atom is 0.0730 e. The van der Waals surface area contributed by atoms with Crippen LogP contribution in [0.25, 0.3) is 0 Å². The Morgan fingerprint density at radius 3 is 2.71 bits per heavy atom. The molecule has 0 heterocycles. The number of nitrogens with two attached hydrogens (primary N) is 1. The van der Waals surface area contributed by atoms with Crippen molar-refractivity contribution in [1.29, 1.82) is 0 Å². The molecule has 0 fully saturated rings. The number of halogens is 1. The van der Waals surface area contributed by atoms with Crippen molar-refractivity contribution < 1.29 is 0 Å². The molecule has 0 amide bonds.